The predicted molar refractivity (Wildman–Crippen MR) is 101 cm³/mol. The van der Waals surface area contributed by atoms with Gasteiger partial charge >= 0.3 is 11.1 Å². The van der Waals surface area contributed by atoms with Crippen LogP contribution in [-0.2, 0) is 13.1 Å². The molecule has 0 atom stereocenters. The minimum atomic E-state index is -0.766. The molecule has 0 aliphatic carbocycles. The molecule has 4 rings (SSSR count). The summed E-state index contributed by atoms with van der Waals surface area (Å²) in [6, 6.07) is 11.6. The van der Waals surface area contributed by atoms with Gasteiger partial charge in [0.2, 0.25) is 0 Å². The lowest BCUT2D eigenvalue weighted by Gasteiger charge is -2.08. The summed E-state index contributed by atoms with van der Waals surface area (Å²) in [5.74, 6) is -0.779. The first kappa shape index (κ1) is 18.5. The number of halogens is 2. The van der Waals surface area contributed by atoms with Crippen LogP contribution in [0.2, 0.25) is 0 Å². The summed E-state index contributed by atoms with van der Waals surface area (Å²) in [5.41, 5.74) is -0.222. The fraction of sp³-hybridized carbons (Fsp3) is 0.100. The molecule has 0 N–H and O–H groups in total. The quantitative estimate of drug-likeness (QED) is 0.484. The lowest BCUT2D eigenvalue weighted by Crippen LogP contribution is -2.40. The SMILES string of the molecule is O=c1c(=O)n(-c2ccc(F)cc2)ccn1Cc1cn(Cc2ccccc2F)nn1. The van der Waals surface area contributed by atoms with Crippen LogP contribution in [0.1, 0.15) is 11.3 Å². The molecule has 0 saturated heterocycles. The fourth-order valence-electron chi connectivity index (χ4n) is 2.90. The molecule has 0 aliphatic rings. The third-order valence-electron chi connectivity index (χ3n) is 4.37. The molecule has 0 aliphatic heterocycles. The van der Waals surface area contributed by atoms with Gasteiger partial charge in [-0.25, -0.2) is 13.5 Å². The van der Waals surface area contributed by atoms with Crippen LogP contribution in [-0.4, -0.2) is 24.1 Å². The molecule has 29 heavy (non-hydrogen) atoms. The Morgan fingerprint density at radius 2 is 1.62 bits per heavy atom. The van der Waals surface area contributed by atoms with Crippen molar-refractivity contribution < 1.29 is 8.78 Å². The van der Waals surface area contributed by atoms with Crippen molar-refractivity contribution in [2.75, 3.05) is 0 Å². The molecule has 0 saturated carbocycles. The topological polar surface area (TPSA) is 74.7 Å². The number of benzene rings is 2. The zero-order chi connectivity index (χ0) is 20.4. The summed E-state index contributed by atoms with van der Waals surface area (Å²) in [5, 5.41) is 7.92. The average Bonchev–Trinajstić information content (AvgIpc) is 3.15. The average molecular weight is 395 g/mol. The van der Waals surface area contributed by atoms with Crippen LogP contribution in [0.15, 0.2) is 76.7 Å². The highest BCUT2D eigenvalue weighted by Gasteiger charge is 2.10. The highest BCUT2D eigenvalue weighted by Crippen LogP contribution is 2.09. The number of aromatic nitrogens is 5. The largest absolute Gasteiger partial charge is 0.320 e. The van der Waals surface area contributed by atoms with Gasteiger partial charge in [0.1, 0.15) is 17.3 Å². The molecule has 2 aromatic carbocycles. The van der Waals surface area contributed by atoms with Crippen molar-refractivity contribution in [3.63, 3.8) is 0 Å². The van der Waals surface area contributed by atoms with E-state index in [-0.39, 0.29) is 18.9 Å². The van der Waals surface area contributed by atoms with Gasteiger partial charge in [0.15, 0.2) is 0 Å². The first-order chi connectivity index (χ1) is 14.0. The van der Waals surface area contributed by atoms with E-state index in [1.807, 2.05) is 0 Å². The highest BCUT2D eigenvalue weighted by molar-refractivity contribution is 5.31. The molecule has 2 heterocycles. The number of rotatable bonds is 5. The van der Waals surface area contributed by atoms with Crippen molar-refractivity contribution in [1.29, 1.82) is 0 Å². The summed E-state index contributed by atoms with van der Waals surface area (Å²) in [7, 11) is 0. The Hall–Kier alpha value is -3.88. The van der Waals surface area contributed by atoms with Gasteiger partial charge in [0.25, 0.3) is 0 Å². The maximum absolute atomic E-state index is 13.8. The van der Waals surface area contributed by atoms with Gasteiger partial charge in [0, 0.05) is 23.6 Å². The van der Waals surface area contributed by atoms with Crippen LogP contribution in [0.25, 0.3) is 5.69 Å². The van der Waals surface area contributed by atoms with Crippen LogP contribution >= 0.6 is 0 Å². The van der Waals surface area contributed by atoms with Gasteiger partial charge in [-0.3, -0.25) is 14.2 Å². The number of hydrogen-bond donors (Lipinski definition) is 0. The molecule has 2 aromatic heterocycles. The first-order valence-electron chi connectivity index (χ1n) is 8.72. The molecule has 0 amide bonds. The lowest BCUT2D eigenvalue weighted by molar-refractivity contribution is 0.577. The summed E-state index contributed by atoms with van der Waals surface area (Å²) in [6.07, 6.45) is 4.47. The van der Waals surface area contributed by atoms with Crippen LogP contribution in [0.3, 0.4) is 0 Å². The minimum absolute atomic E-state index is 0.0373. The van der Waals surface area contributed by atoms with E-state index in [0.29, 0.717) is 16.9 Å². The Morgan fingerprint density at radius 1 is 0.862 bits per heavy atom. The Morgan fingerprint density at radius 3 is 2.38 bits per heavy atom. The molecular formula is C20H15F2N5O2. The molecule has 0 bridgehead atoms. The second kappa shape index (κ2) is 7.63. The van der Waals surface area contributed by atoms with Crippen molar-refractivity contribution in [3.05, 3.63) is 111 Å². The molecule has 7 nitrogen and oxygen atoms in total. The van der Waals surface area contributed by atoms with E-state index in [4.69, 9.17) is 0 Å². The highest BCUT2D eigenvalue weighted by atomic mass is 19.1. The summed E-state index contributed by atoms with van der Waals surface area (Å²) in [6.45, 7) is 0.232. The molecule has 0 unspecified atom stereocenters. The molecule has 0 radical (unpaired) electrons. The van der Waals surface area contributed by atoms with E-state index in [9.17, 15) is 18.4 Å². The van der Waals surface area contributed by atoms with E-state index in [1.165, 1.54) is 52.0 Å². The number of hydrogen-bond acceptors (Lipinski definition) is 4. The fourth-order valence-corrected chi connectivity index (χ4v) is 2.90. The van der Waals surface area contributed by atoms with Crippen molar-refractivity contribution in [2.24, 2.45) is 0 Å². The van der Waals surface area contributed by atoms with E-state index in [1.54, 1.807) is 24.4 Å². The van der Waals surface area contributed by atoms with Gasteiger partial charge in [-0.2, -0.15) is 0 Å². The molecule has 4 aromatic rings. The first-order valence-corrected chi connectivity index (χ1v) is 8.72. The van der Waals surface area contributed by atoms with Crippen molar-refractivity contribution >= 4 is 0 Å². The molecule has 0 fully saturated rings. The molecule has 0 spiro atoms. The van der Waals surface area contributed by atoms with Crippen molar-refractivity contribution in [2.45, 2.75) is 13.1 Å². The van der Waals surface area contributed by atoms with Gasteiger partial charge in [-0.1, -0.05) is 23.4 Å². The van der Waals surface area contributed by atoms with E-state index in [2.05, 4.69) is 10.3 Å². The molecular weight excluding hydrogens is 380 g/mol. The lowest BCUT2D eigenvalue weighted by atomic mass is 10.2. The van der Waals surface area contributed by atoms with Gasteiger partial charge in [0.05, 0.1) is 19.3 Å². The maximum atomic E-state index is 13.8. The monoisotopic (exact) mass is 395 g/mol. The zero-order valence-corrected chi connectivity index (χ0v) is 15.1. The Kier molecular flexibility index (Phi) is 4.86. The summed E-state index contributed by atoms with van der Waals surface area (Å²) >= 11 is 0. The van der Waals surface area contributed by atoms with E-state index < -0.39 is 16.9 Å². The van der Waals surface area contributed by atoms with Gasteiger partial charge in [-0.15, -0.1) is 5.10 Å². The van der Waals surface area contributed by atoms with Crippen LogP contribution in [0, 0.1) is 11.6 Å². The standard InChI is InChI=1S/C20H15F2N5O2/c21-15-5-7-17(8-6-15)27-10-9-25(19(28)20(27)29)12-16-13-26(24-23-16)11-14-3-1-2-4-18(14)22/h1-10,13H,11-12H2. The van der Waals surface area contributed by atoms with Gasteiger partial charge in [-0.05, 0) is 30.3 Å². The second-order valence-electron chi connectivity index (χ2n) is 6.38. The molecule has 9 heteroatoms. The maximum Gasteiger partial charge on any atom is 0.320 e. The normalized spacial score (nSPS) is 11.0. The Bertz CT molecular complexity index is 1280. The Labute approximate surface area is 163 Å². The third kappa shape index (κ3) is 3.88. The summed E-state index contributed by atoms with van der Waals surface area (Å²) in [4.78, 5) is 24.8. The zero-order valence-electron chi connectivity index (χ0n) is 15.1. The van der Waals surface area contributed by atoms with Crippen molar-refractivity contribution in [3.8, 4) is 5.69 Å². The smallest absolute Gasteiger partial charge is 0.303 e. The Balaban J connectivity index is 1.56. The van der Waals surface area contributed by atoms with Crippen LogP contribution in [0.4, 0.5) is 8.78 Å². The van der Waals surface area contributed by atoms with E-state index >= 15 is 0 Å². The van der Waals surface area contributed by atoms with Gasteiger partial charge < -0.3 is 4.57 Å². The van der Waals surface area contributed by atoms with Crippen LogP contribution in [0.5, 0.6) is 0 Å². The minimum Gasteiger partial charge on any atom is -0.303 e. The van der Waals surface area contributed by atoms with Crippen LogP contribution < -0.4 is 11.1 Å². The van der Waals surface area contributed by atoms with Crippen molar-refractivity contribution in [1.82, 2.24) is 24.1 Å². The predicted octanol–water partition coefficient (Wildman–Crippen LogP) is 1.97. The third-order valence-corrected chi connectivity index (χ3v) is 4.37. The second-order valence-corrected chi connectivity index (χ2v) is 6.38. The molecule has 146 valence electrons. The van der Waals surface area contributed by atoms with E-state index in [0.717, 1.165) is 4.57 Å². The summed E-state index contributed by atoms with van der Waals surface area (Å²) < 4.78 is 30.6. The number of nitrogens with zero attached hydrogens (tertiary/aromatic N) is 5.